The molecule has 0 radical (unpaired) electrons. The van der Waals surface area contributed by atoms with Crippen LogP contribution in [0.25, 0.3) is 0 Å². The number of carbonyl (C=O) groups is 8. The number of amides is 8. The Morgan fingerprint density at radius 3 is 0.771 bits per heavy atom. The zero-order chi connectivity index (χ0) is 103. The Morgan fingerprint density at radius 2 is 0.514 bits per heavy atom. The van der Waals surface area contributed by atoms with Crippen LogP contribution in [-0.2, 0) is 76.3 Å². The van der Waals surface area contributed by atoms with Crippen molar-refractivity contribution in [1.29, 1.82) is 0 Å². The van der Waals surface area contributed by atoms with Crippen LogP contribution >= 0.6 is 0 Å². The monoisotopic (exact) mass is 1940 g/mol. The third-order valence-corrected chi connectivity index (χ3v) is 25.3. The second kappa shape index (κ2) is 70.0. The van der Waals surface area contributed by atoms with Gasteiger partial charge < -0.3 is 80.4 Å². The third-order valence-electron chi connectivity index (χ3n) is 25.3. The normalized spacial score (nSPS) is 17.7. The summed E-state index contributed by atoms with van der Waals surface area (Å²) in [5, 5.41) is 23.1. The highest BCUT2D eigenvalue weighted by Gasteiger charge is 2.31. The highest BCUT2D eigenvalue weighted by molar-refractivity contribution is 5.94. The molecular weight excluding hydrogens is 1760 g/mol. The standard InChI is InChI=1S/C116H178N8O16/c1-87(47-51-99-95(9)41-29-57-113(99,13)14)33-25-37-91(5)83-107(127)117-61-23-21-45-103(123-109(129)85-93(7)39-27-35-89(3)49-53-101-97(11)43-31-59-115(101,17)18)111(131)121-65-71-137-77-75-135-69-63-119-105(125)55-67-133-73-79-139-81-82-140-80-74-134-68-56-106(126)120-64-70-136-76-78-138-72-66-122-112(132)104(124-110(130)86-94(8)40-28-36-90(4)50-54-102-98(12)44-32-60-116(102,19)20)46-22-24-62-118-108(128)84-92(6)38-26-34-88(2)48-52-100-96(10)42-30-58-114(100,15)16/h25-28,33-40,47-54,83-86,103-104H,21-24,29-32,41-46,55-82H2,1-20H3,(H,117,127)(H,118,128)(H,119,125)(H,120,126)(H,121,131)(H,122,132)(H,123,129)(H,124,130)/b37-25+,38-26+,39-27+,40-28+,51-47+,52-48+,53-49+,54-50+,87-33+,88-34+,89-35+,90-36+,91-83+,92-84+,93-85+,94-86+/t103-,104-/m1/s1. The Morgan fingerprint density at radius 1 is 0.279 bits per heavy atom. The summed E-state index contributed by atoms with van der Waals surface area (Å²) in [7, 11) is 0. The number of allylic oxidation sites excluding steroid dienone is 36. The summed E-state index contributed by atoms with van der Waals surface area (Å²) < 4.78 is 45.0. The lowest BCUT2D eigenvalue weighted by Crippen LogP contribution is -2.47. The molecule has 0 aromatic carbocycles. The van der Waals surface area contributed by atoms with Crippen LogP contribution in [0, 0.1) is 21.7 Å². The van der Waals surface area contributed by atoms with Gasteiger partial charge in [0.15, 0.2) is 0 Å². The minimum atomic E-state index is -0.824. The van der Waals surface area contributed by atoms with E-state index in [1.807, 2.05) is 101 Å². The fourth-order valence-corrected chi connectivity index (χ4v) is 17.2. The summed E-state index contributed by atoms with van der Waals surface area (Å²) >= 11 is 0. The maximum Gasteiger partial charge on any atom is 0.244 e. The topological polar surface area (TPSA) is 307 Å². The van der Waals surface area contributed by atoms with E-state index in [0.717, 1.165) is 70.3 Å². The first kappa shape index (κ1) is 123. The molecule has 8 N–H and O–H groups in total. The Hall–Kier alpha value is -9.76. The van der Waals surface area contributed by atoms with Crippen molar-refractivity contribution in [2.75, 3.05) is 145 Å². The predicted molar refractivity (Wildman–Crippen MR) is 570 cm³/mol. The fourth-order valence-electron chi connectivity index (χ4n) is 17.2. The summed E-state index contributed by atoms with van der Waals surface area (Å²) in [5.41, 5.74) is 19.6. The Kier molecular flexibility index (Phi) is 61.3. The number of hydrogen-bond donors (Lipinski definition) is 8. The highest BCUT2D eigenvalue weighted by atomic mass is 16.6. The number of ether oxygens (including phenoxy) is 8. The van der Waals surface area contributed by atoms with Gasteiger partial charge in [-0.15, -0.1) is 0 Å². The molecule has 0 saturated carbocycles. The number of rotatable bonds is 67. The molecule has 778 valence electrons. The van der Waals surface area contributed by atoms with E-state index in [-0.39, 0.29) is 161 Å². The fraction of sp³-hybridized carbons (Fsp3) is 0.586. The quantitative estimate of drug-likeness (QED) is 0.0159. The van der Waals surface area contributed by atoms with Gasteiger partial charge in [0.1, 0.15) is 12.1 Å². The van der Waals surface area contributed by atoms with E-state index in [2.05, 4.69) is 202 Å². The van der Waals surface area contributed by atoms with Crippen LogP contribution in [0.4, 0.5) is 0 Å². The van der Waals surface area contributed by atoms with Crippen LogP contribution < -0.4 is 42.5 Å². The molecule has 140 heavy (non-hydrogen) atoms. The third kappa shape index (κ3) is 55.6. The van der Waals surface area contributed by atoms with Gasteiger partial charge >= 0.3 is 0 Å². The molecule has 4 aliphatic carbocycles. The van der Waals surface area contributed by atoms with Gasteiger partial charge in [-0.2, -0.15) is 0 Å². The van der Waals surface area contributed by atoms with Gasteiger partial charge in [0.25, 0.3) is 0 Å². The number of hydrogen-bond acceptors (Lipinski definition) is 16. The van der Waals surface area contributed by atoms with E-state index in [4.69, 9.17) is 37.9 Å². The van der Waals surface area contributed by atoms with Gasteiger partial charge in [-0.05, 0) is 265 Å². The average Bonchev–Trinajstić information content (AvgIpc) is 0.833. The maximum absolute atomic E-state index is 13.6. The SMILES string of the molecule is CC1=C(/C=C/C(C)=C/C=C/C(C)=C/C(=O)NCCCC[C@@H](NC(=O)/C=C(C)/C=C/C=C(C)/C=C/C2=C(C)CCCC2(C)C)C(=O)NCCOCCOCCNC(=O)CCOCCOCCOCCOCCC(=O)NCCOCCOCCNC(=O)[C@@H](CCCCNC(=O)/C=C(C)/C=C/C=C(C)/C=C/C2=C(C)CCCC2(C)C)NC(=O)/C=C(C)/C=C/C=C(C)/C=C/C2=C(C)CCCC2(C)C)C(C)(C)CCC1. The van der Waals surface area contributed by atoms with Crippen molar-refractivity contribution in [3.05, 3.63) is 235 Å². The zero-order valence-electron chi connectivity index (χ0n) is 89.2. The van der Waals surface area contributed by atoms with Crippen molar-refractivity contribution in [2.45, 2.75) is 279 Å². The van der Waals surface area contributed by atoms with Gasteiger partial charge in [-0.1, -0.05) is 221 Å². The van der Waals surface area contributed by atoms with Crippen LogP contribution in [0.2, 0.25) is 0 Å². The van der Waals surface area contributed by atoms with Gasteiger partial charge in [0.05, 0.1) is 106 Å². The summed E-state index contributed by atoms with van der Waals surface area (Å²) in [5.74, 6) is -2.22. The van der Waals surface area contributed by atoms with Crippen molar-refractivity contribution in [3.8, 4) is 0 Å². The van der Waals surface area contributed by atoms with Crippen molar-refractivity contribution in [1.82, 2.24) is 42.5 Å². The van der Waals surface area contributed by atoms with E-state index in [1.54, 1.807) is 12.2 Å². The molecule has 0 heterocycles. The minimum Gasteiger partial charge on any atom is -0.379 e. The smallest absolute Gasteiger partial charge is 0.244 e. The second-order valence-electron chi connectivity index (χ2n) is 40.1. The van der Waals surface area contributed by atoms with Crippen molar-refractivity contribution < 1.29 is 76.3 Å². The van der Waals surface area contributed by atoms with Crippen LogP contribution in [0.3, 0.4) is 0 Å². The summed E-state index contributed by atoms with van der Waals surface area (Å²) in [6, 6.07) is -1.65. The van der Waals surface area contributed by atoms with E-state index in [0.29, 0.717) is 104 Å². The number of nitrogens with one attached hydrogen (secondary N) is 8. The Balaban J connectivity index is 1.03. The first-order valence-electron chi connectivity index (χ1n) is 51.3. The van der Waals surface area contributed by atoms with Crippen LogP contribution in [0.1, 0.15) is 267 Å². The molecule has 0 bridgehead atoms. The molecule has 0 spiro atoms. The molecular formula is C116H178N8O16. The molecule has 0 saturated heterocycles. The van der Waals surface area contributed by atoms with Crippen LogP contribution in [-0.4, -0.2) is 204 Å². The van der Waals surface area contributed by atoms with E-state index < -0.39 is 12.1 Å². The molecule has 0 aromatic heterocycles. The molecule has 24 heteroatoms. The van der Waals surface area contributed by atoms with E-state index >= 15 is 0 Å². The lowest BCUT2D eigenvalue weighted by Gasteiger charge is -2.33. The van der Waals surface area contributed by atoms with Crippen molar-refractivity contribution in [3.63, 3.8) is 0 Å². The number of unbranched alkanes of at least 4 members (excludes halogenated alkanes) is 2. The van der Waals surface area contributed by atoms with Gasteiger partial charge in [-0.25, -0.2) is 0 Å². The van der Waals surface area contributed by atoms with E-state index in [1.165, 1.54) is 108 Å². The summed E-state index contributed by atoms with van der Waals surface area (Å²) in [6.07, 6.45) is 64.7. The molecule has 4 rings (SSSR count). The lowest BCUT2D eigenvalue weighted by atomic mass is 9.72. The zero-order valence-corrected chi connectivity index (χ0v) is 89.2. The molecule has 2 atom stereocenters. The Bertz CT molecular complexity index is 4300. The first-order valence-corrected chi connectivity index (χ1v) is 51.3. The van der Waals surface area contributed by atoms with Gasteiger partial charge in [-0.3, -0.25) is 38.4 Å². The summed E-state index contributed by atoms with van der Waals surface area (Å²) in [4.78, 5) is 105. The van der Waals surface area contributed by atoms with Crippen molar-refractivity contribution >= 4 is 47.3 Å². The Labute approximate surface area is 841 Å². The second-order valence-corrected chi connectivity index (χ2v) is 40.1. The van der Waals surface area contributed by atoms with Crippen LogP contribution in [0.5, 0.6) is 0 Å². The van der Waals surface area contributed by atoms with Gasteiger partial charge in [0.2, 0.25) is 47.3 Å². The molecule has 0 aromatic rings. The first-order chi connectivity index (χ1) is 66.8. The molecule has 24 nitrogen and oxygen atoms in total. The largest absolute Gasteiger partial charge is 0.379 e. The minimum absolute atomic E-state index is 0.150. The number of carbonyl (C=O) groups excluding carboxylic acids is 8. The molecule has 8 amide bonds. The maximum atomic E-state index is 13.6. The van der Waals surface area contributed by atoms with Crippen molar-refractivity contribution in [2.24, 2.45) is 21.7 Å². The molecule has 0 aliphatic heterocycles. The van der Waals surface area contributed by atoms with Gasteiger partial charge in [0, 0.05) is 76.4 Å². The van der Waals surface area contributed by atoms with Crippen LogP contribution in [0.15, 0.2) is 235 Å². The molecule has 0 unspecified atom stereocenters. The summed E-state index contributed by atoms with van der Waals surface area (Å²) in [6.45, 7) is 49.5. The predicted octanol–water partition coefficient (Wildman–Crippen LogP) is 20.0. The van der Waals surface area contributed by atoms with E-state index in [9.17, 15) is 38.4 Å². The molecule has 4 aliphatic rings. The molecule has 0 fully saturated rings. The highest BCUT2D eigenvalue weighted by Crippen LogP contribution is 2.44. The lowest BCUT2D eigenvalue weighted by molar-refractivity contribution is -0.127. The average molecular weight is 1940 g/mol.